The van der Waals surface area contributed by atoms with Crippen molar-refractivity contribution in [2.75, 3.05) is 23.3 Å². The number of ether oxygens (including phenoxy) is 1. The molecule has 6 heteroatoms. The van der Waals surface area contributed by atoms with Crippen molar-refractivity contribution in [1.82, 2.24) is 0 Å². The van der Waals surface area contributed by atoms with Gasteiger partial charge in [0, 0.05) is 30.0 Å². The van der Waals surface area contributed by atoms with E-state index in [1.807, 2.05) is 48.5 Å². The zero-order chi connectivity index (χ0) is 26.3. The van der Waals surface area contributed by atoms with Crippen molar-refractivity contribution in [3.8, 4) is 5.75 Å². The van der Waals surface area contributed by atoms with Gasteiger partial charge < -0.3 is 15.0 Å². The Labute approximate surface area is 234 Å². The van der Waals surface area contributed by atoms with E-state index in [1.54, 1.807) is 17.0 Å². The number of aryl methyl sites for hydroxylation is 2. The summed E-state index contributed by atoms with van der Waals surface area (Å²) < 4.78 is 5.80. The maximum Gasteiger partial charge on any atom is 0.258 e. The van der Waals surface area contributed by atoms with E-state index in [4.69, 9.17) is 27.9 Å². The number of benzene rings is 4. The highest BCUT2D eigenvalue weighted by Gasteiger charge is 2.25. The van der Waals surface area contributed by atoms with Crippen LogP contribution in [0.3, 0.4) is 0 Å². The number of amides is 1. The first-order chi connectivity index (χ1) is 18.6. The summed E-state index contributed by atoms with van der Waals surface area (Å²) in [5, 5.41) is 4.02. The Hall–Kier alpha value is -3.47. The lowest BCUT2D eigenvalue weighted by Crippen LogP contribution is -2.35. The molecule has 0 aliphatic carbocycles. The number of rotatable bonds is 4. The van der Waals surface area contributed by atoms with Gasteiger partial charge in [-0.2, -0.15) is 0 Å². The van der Waals surface area contributed by atoms with E-state index in [9.17, 15) is 4.79 Å². The summed E-state index contributed by atoms with van der Waals surface area (Å²) in [4.78, 5) is 14.9. The van der Waals surface area contributed by atoms with E-state index < -0.39 is 0 Å². The van der Waals surface area contributed by atoms with Crippen molar-refractivity contribution < 1.29 is 9.53 Å². The van der Waals surface area contributed by atoms with Gasteiger partial charge >= 0.3 is 0 Å². The lowest BCUT2D eigenvalue weighted by Gasteiger charge is -2.29. The second-order valence-corrected chi connectivity index (χ2v) is 10.2. The molecule has 2 aliphatic heterocycles. The molecule has 38 heavy (non-hydrogen) atoms. The minimum Gasteiger partial charge on any atom is -0.486 e. The van der Waals surface area contributed by atoms with Crippen molar-refractivity contribution >= 4 is 40.5 Å². The van der Waals surface area contributed by atoms with Crippen molar-refractivity contribution in [3.05, 3.63) is 123 Å². The summed E-state index contributed by atoms with van der Waals surface area (Å²) in [6.07, 6.45) is 4.43. The first-order valence-corrected chi connectivity index (χ1v) is 13.7. The highest BCUT2D eigenvalue weighted by Crippen LogP contribution is 2.36. The number of carbonyl (C=O) groups excluding carboxylic acids is 1. The Bertz CT molecular complexity index is 1360. The van der Waals surface area contributed by atoms with E-state index in [1.165, 1.54) is 29.7 Å². The lowest BCUT2D eigenvalue weighted by atomic mass is 10.0. The molecule has 0 saturated heterocycles. The number of hydrogen-bond donors (Lipinski definition) is 1. The first-order valence-electron chi connectivity index (χ1n) is 13.0. The molecule has 4 aromatic rings. The quantitative estimate of drug-likeness (QED) is 0.281. The molecule has 0 atom stereocenters. The largest absolute Gasteiger partial charge is 0.486 e. The number of nitrogens with one attached hydrogen (secondary N) is 1. The molecule has 1 N–H and O–H groups in total. The standard InChI is InChI=1S/C23H19Cl2NO2.C9H11N/c24-19-13-18(14-20(25)22(19)28-15-16-7-2-1-3-8-16)23(27)26-12-6-10-17-9-4-5-11-21(17)26;1-2-6-9-8(4-1)5-3-7-10-9/h1-5,7-9,11,13-14H,6,10,12,15H2;1-2,4,6,10H,3,5,7H2. The molecule has 2 aliphatic rings. The summed E-state index contributed by atoms with van der Waals surface area (Å²) in [7, 11) is 0. The van der Waals surface area contributed by atoms with Gasteiger partial charge in [0.15, 0.2) is 5.75 Å². The summed E-state index contributed by atoms with van der Waals surface area (Å²) in [6.45, 7) is 2.17. The van der Waals surface area contributed by atoms with Crippen LogP contribution in [0.4, 0.5) is 11.4 Å². The molecule has 194 valence electrons. The SMILES string of the molecule is O=C(c1cc(Cl)c(OCc2ccccc2)c(Cl)c1)N1CCCc2ccccc21.c1ccc2c(c1)CCCN2. The monoisotopic (exact) mass is 544 g/mol. The lowest BCUT2D eigenvalue weighted by molar-refractivity contribution is 0.0985. The summed E-state index contributed by atoms with van der Waals surface area (Å²) in [5.41, 5.74) is 6.40. The maximum atomic E-state index is 13.1. The van der Waals surface area contributed by atoms with E-state index in [-0.39, 0.29) is 5.91 Å². The molecule has 6 rings (SSSR count). The number of nitrogens with zero attached hydrogens (tertiary/aromatic N) is 1. The van der Waals surface area contributed by atoms with Gasteiger partial charge in [0.1, 0.15) is 6.61 Å². The van der Waals surface area contributed by atoms with Gasteiger partial charge in [0.2, 0.25) is 0 Å². The summed E-state index contributed by atoms with van der Waals surface area (Å²) >= 11 is 12.8. The van der Waals surface area contributed by atoms with Crippen LogP contribution in [0.1, 0.15) is 39.9 Å². The molecule has 0 bridgehead atoms. The van der Waals surface area contributed by atoms with Crippen LogP contribution in [0.2, 0.25) is 10.0 Å². The van der Waals surface area contributed by atoms with Gasteiger partial charge in [0.05, 0.1) is 10.0 Å². The highest BCUT2D eigenvalue weighted by molar-refractivity contribution is 6.37. The third-order valence-corrected chi connectivity index (χ3v) is 7.34. The van der Waals surface area contributed by atoms with Crippen LogP contribution in [0.5, 0.6) is 5.75 Å². The molecular formula is C32H30Cl2N2O2. The molecule has 0 spiro atoms. The van der Waals surface area contributed by atoms with Gasteiger partial charge in [-0.05, 0) is 66.6 Å². The summed E-state index contributed by atoms with van der Waals surface area (Å²) in [6, 6.07) is 29.6. The number of anilines is 2. The second kappa shape index (κ2) is 12.4. The fourth-order valence-corrected chi connectivity index (χ4v) is 5.46. The Morgan fingerprint density at radius 1 is 0.816 bits per heavy atom. The van der Waals surface area contributed by atoms with Gasteiger partial charge in [-0.25, -0.2) is 0 Å². The first kappa shape index (κ1) is 26.1. The molecule has 1 amide bonds. The second-order valence-electron chi connectivity index (χ2n) is 9.42. The van der Waals surface area contributed by atoms with Gasteiger partial charge in [-0.15, -0.1) is 0 Å². The van der Waals surface area contributed by atoms with Crippen molar-refractivity contribution in [2.45, 2.75) is 32.3 Å². The summed E-state index contributed by atoms with van der Waals surface area (Å²) in [5.74, 6) is 0.286. The minimum atomic E-state index is -0.106. The highest BCUT2D eigenvalue weighted by atomic mass is 35.5. The number of fused-ring (bicyclic) bond motifs is 2. The molecular weight excluding hydrogens is 515 g/mol. The zero-order valence-corrected chi connectivity index (χ0v) is 22.6. The Kier molecular flexibility index (Phi) is 8.52. The Balaban J connectivity index is 0.000000244. The fourth-order valence-electron chi connectivity index (χ4n) is 4.86. The number of hydrogen-bond acceptors (Lipinski definition) is 3. The van der Waals surface area contributed by atoms with E-state index in [0.29, 0.717) is 34.5 Å². The van der Waals surface area contributed by atoms with Crippen LogP contribution in [-0.4, -0.2) is 19.0 Å². The Morgan fingerprint density at radius 2 is 1.47 bits per heavy atom. The number of carbonyl (C=O) groups is 1. The van der Waals surface area contributed by atoms with Crippen LogP contribution in [0.25, 0.3) is 0 Å². The minimum absolute atomic E-state index is 0.106. The average molecular weight is 546 g/mol. The van der Waals surface area contributed by atoms with Crippen LogP contribution < -0.4 is 15.0 Å². The van der Waals surface area contributed by atoms with Crippen LogP contribution >= 0.6 is 23.2 Å². The van der Waals surface area contributed by atoms with Crippen LogP contribution in [0.15, 0.2) is 91.0 Å². The molecule has 0 saturated carbocycles. The molecule has 0 unspecified atom stereocenters. The van der Waals surface area contributed by atoms with E-state index >= 15 is 0 Å². The number of para-hydroxylation sites is 2. The average Bonchev–Trinajstić information content (AvgIpc) is 2.97. The predicted molar refractivity (Wildman–Crippen MR) is 157 cm³/mol. The van der Waals surface area contributed by atoms with Crippen molar-refractivity contribution in [3.63, 3.8) is 0 Å². The van der Waals surface area contributed by atoms with Crippen LogP contribution in [-0.2, 0) is 19.4 Å². The van der Waals surface area contributed by atoms with Crippen LogP contribution in [0, 0.1) is 0 Å². The third kappa shape index (κ3) is 6.15. The molecule has 0 radical (unpaired) electrons. The maximum absolute atomic E-state index is 13.1. The van der Waals surface area contributed by atoms with Gasteiger partial charge in [0.25, 0.3) is 5.91 Å². The van der Waals surface area contributed by atoms with Gasteiger partial charge in [-0.1, -0.05) is 89.9 Å². The van der Waals surface area contributed by atoms with Crippen molar-refractivity contribution in [2.24, 2.45) is 0 Å². The van der Waals surface area contributed by atoms with Crippen molar-refractivity contribution in [1.29, 1.82) is 0 Å². The molecule has 0 fully saturated rings. The molecule has 2 heterocycles. The Morgan fingerprint density at radius 3 is 2.24 bits per heavy atom. The number of halogens is 2. The third-order valence-electron chi connectivity index (χ3n) is 6.78. The van der Waals surface area contributed by atoms with E-state index in [0.717, 1.165) is 30.6 Å². The predicted octanol–water partition coefficient (Wildman–Crippen LogP) is 8.21. The zero-order valence-electron chi connectivity index (χ0n) is 21.1. The molecule has 4 aromatic carbocycles. The smallest absolute Gasteiger partial charge is 0.258 e. The fraction of sp³-hybridized carbons (Fsp3) is 0.219. The molecule has 0 aromatic heterocycles. The van der Waals surface area contributed by atoms with E-state index in [2.05, 4.69) is 35.6 Å². The normalized spacial score (nSPS) is 13.8. The van der Waals surface area contributed by atoms with Gasteiger partial charge in [-0.3, -0.25) is 4.79 Å². The molecule has 4 nitrogen and oxygen atoms in total. The topological polar surface area (TPSA) is 41.6 Å².